The lowest BCUT2D eigenvalue weighted by atomic mass is 10.3. The van der Waals surface area contributed by atoms with Crippen molar-refractivity contribution in [3.05, 3.63) is 29.8 Å². The smallest absolute Gasteiger partial charge is 0.136 e. The lowest BCUT2D eigenvalue weighted by molar-refractivity contribution is 0.226. The molecule has 1 rings (SSSR count). The van der Waals surface area contributed by atoms with Gasteiger partial charge in [0.1, 0.15) is 11.6 Å². The third-order valence-electron chi connectivity index (χ3n) is 1.50. The van der Waals surface area contributed by atoms with Crippen molar-refractivity contribution in [2.45, 2.75) is 11.0 Å². The summed E-state index contributed by atoms with van der Waals surface area (Å²) in [6, 6.07) is 3.28. The Morgan fingerprint density at radius 1 is 1.43 bits per heavy atom. The topological polar surface area (TPSA) is 20.2 Å². The van der Waals surface area contributed by atoms with Crippen molar-refractivity contribution >= 4 is 27.7 Å². The largest absolute Gasteiger partial charge is 0.391 e. The molecule has 0 aliphatic carbocycles. The van der Waals surface area contributed by atoms with Crippen LogP contribution in [-0.2, 0) is 0 Å². The highest BCUT2D eigenvalue weighted by molar-refractivity contribution is 9.09. The van der Waals surface area contributed by atoms with Crippen LogP contribution in [0.1, 0.15) is 0 Å². The van der Waals surface area contributed by atoms with Crippen LogP contribution >= 0.6 is 27.7 Å². The molecule has 14 heavy (non-hydrogen) atoms. The third-order valence-corrected chi connectivity index (χ3v) is 3.43. The van der Waals surface area contributed by atoms with Gasteiger partial charge in [0.15, 0.2) is 0 Å². The number of hydrogen-bond acceptors (Lipinski definition) is 2. The molecule has 0 heterocycles. The molecule has 0 fully saturated rings. The first kappa shape index (κ1) is 11.9. The molecule has 0 bridgehead atoms. The van der Waals surface area contributed by atoms with Gasteiger partial charge in [0.05, 0.1) is 6.10 Å². The Bertz CT molecular complexity index is 309. The Morgan fingerprint density at radius 3 is 2.79 bits per heavy atom. The summed E-state index contributed by atoms with van der Waals surface area (Å²) < 4.78 is 25.7. The molecule has 0 aliphatic rings. The first-order valence-corrected chi connectivity index (χ1v) is 6.06. The van der Waals surface area contributed by atoms with Crippen LogP contribution in [0.5, 0.6) is 0 Å². The third kappa shape index (κ3) is 3.55. The quantitative estimate of drug-likeness (QED) is 0.677. The van der Waals surface area contributed by atoms with Gasteiger partial charge in [-0.2, -0.15) is 0 Å². The molecular weight excluding hydrogens is 274 g/mol. The first-order chi connectivity index (χ1) is 6.63. The Hall–Kier alpha value is -0.130. The van der Waals surface area contributed by atoms with E-state index in [0.29, 0.717) is 11.1 Å². The number of benzene rings is 1. The Balaban J connectivity index is 2.62. The molecule has 0 aromatic heterocycles. The van der Waals surface area contributed by atoms with E-state index >= 15 is 0 Å². The summed E-state index contributed by atoms with van der Waals surface area (Å²) in [6.07, 6.45) is -0.553. The first-order valence-electron chi connectivity index (χ1n) is 3.95. The van der Waals surface area contributed by atoms with Crippen molar-refractivity contribution in [3.8, 4) is 0 Å². The number of alkyl halides is 1. The molecular formula is C9H9BrF2OS. The van der Waals surface area contributed by atoms with E-state index in [-0.39, 0.29) is 4.90 Å². The predicted octanol–water partition coefficient (Wildman–Crippen LogP) is 2.81. The molecule has 0 amide bonds. The van der Waals surface area contributed by atoms with Crippen LogP contribution in [0, 0.1) is 11.6 Å². The summed E-state index contributed by atoms with van der Waals surface area (Å²) in [7, 11) is 0. The summed E-state index contributed by atoms with van der Waals surface area (Å²) in [5, 5.41) is 9.62. The van der Waals surface area contributed by atoms with Crippen molar-refractivity contribution in [1.29, 1.82) is 0 Å². The number of thioether (sulfide) groups is 1. The zero-order valence-electron chi connectivity index (χ0n) is 7.21. The maximum Gasteiger partial charge on any atom is 0.136 e. The number of aliphatic hydroxyl groups excluding tert-OH is 1. The fourth-order valence-corrected chi connectivity index (χ4v) is 2.24. The average Bonchev–Trinajstić information content (AvgIpc) is 2.19. The summed E-state index contributed by atoms with van der Waals surface area (Å²) in [5.74, 6) is -0.591. The van der Waals surface area contributed by atoms with Crippen LogP contribution in [0.3, 0.4) is 0 Å². The van der Waals surface area contributed by atoms with Gasteiger partial charge < -0.3 is 5.11 Å². The predicted molar refractivity (Wildman–Crippen MR) is 56.9 cm³/mol. The number of rotatable bonds is 4. The van der Waals surface area contributed by atoms with Gasteiger partial charge in [-0.25, -0.2) is 8.78 Å². The maximum absolute atomic E-state index is 13.0. The van der Waals surface area contributed by atoms with E-state index in [9.17, 15) is 13.9 Å². The molecule has 78 valence electrons. The minimum absolute atomic E-state index is 0.227. The van der Waals surface area contributed by atoms with Crippen molar-refractivity contribution in [2.75, 3.05) is 11.1 Å². The molecule has 1 unspecified atom stereocenters. The Morgan fingerprint density at radius 2 is 2.14 bits per heavy atom. The van der Waals surface area contributed by atoms with Crippen molar-refractivity contribution in [1.82, 2.24) is 0 Å². The number of hydrogen-bond donors (Lipinski definition) is 1. The molecule has 1 atom stereocenters. The highest BCUT2D eigenvalue weighted by Crippen LogP contribution is 2.23. The van der Waals surface area contributed by atoms with Crippen LogP contribution < -0.4 is 0 Å². The van der Waals surface area contributed by atoms with Gasteiger partial charge in [-0.15, -0.1) is 11.8 Å². The summed E-state index contributed by atoms with van der Waals surface area (Å²) in [5.41, 5.74) is 0. The molecule has 0 saturated carbocycles. The summed E-state index contributed by atoms with van der Waals surface area (Å²) in [6.45, 7) is 0. The monoisotopic (exact) mass is 282 g/mol. The molecule has 1 N–H and O–H groups in total. The van der Waals surface area contributed by atoms with Crippen LogP contribution in [-0.4, -0.2) is 22.3 Å². The zero-order valence-corrected chi connectivity index (χ0v) is 9.62. The standard InChI is InChI=1S/C9H9BrF2OS/c10-4-7(13)5-14-9-3-6(11)1-2-8(9)12/h1-3,7,13H,4-5H2. The lowest BCUT2D eigenvalue weighted by Gasteiger charge is -2.06. The van der Waals surface area contributed by atoms with Gasteiger partial charge in [-0.05, 0) is 18.2 Å². The van der Waals surface area contributed by atoms with Gasteiger partial charge in [-0.3, -0.25) is 0 Å². The second-order valence-corrected chi connectivity index (χ2v) is 4.40. The normalized spacial score (nSPS) is 12.9. The van der Waals surface area contributed by atoms with Gasteiger partial charge >= 0.3 is 0 Å². The SMILES string of the molecule is OC(CBr)CSc1cc(F)ccc1F. The van der Waals surface area contributed by atoms with Gasteiger partial charge in [-0.1, -0.05) is 15.9 Å². The summed E-state index contributed by atoms with van der Waals surface area (Å²) >= 11 is 4.19. The van der Waals surface area contributed by atoms with E-state index in [1.54, 1.807) is 0 Å². The van der Waals surface area contributed by atoms with E-state index in [4.69, 9.17) is 0 Å². The fourth-order valence-electron chi connectivity index (χ4n) is 0.818. The van der Waals surface area contributed by atoms with Crippen molar-refractivity contribution in [3.63, 3.8) is 0 Å². The number of aliphatic hydroxyl groups is 1. The van der Waals surface area contributed by atoms with Crippen molar-refractivity contribution in [2.24, 2.45) is 0 Å². The van der Waals surface area contributed by atoms with Gasteiger partial charge in [0, 0.05) is 16.0 Å². The van der Waals surface area contributed by atoms with Crippen LogP contribution in [0.15, 0.2) is 23.1 Å². The Labute approximate surface area is 93.6 Å². The van der Waals surface area contributed by atoms with Crippen LogP contribution in [0.25, 0.3) is 0 Å². The highest BCUT2D eigenvalue weighted by atomic mass is 79.9. The van der Waals surface area contributed by atoms with Crippen LogP contribution in [0.4, 0.5) is 8.78 Å². The van der Waals surface area contributed by atoms with E-state index in [2.05, 4.69) is 15.9 Å². The van der Waals surface area contributed by atoms with Crippen molar-refractivity contribution < 1.29 is 13.9 Å². The molecule has 0 saturated heterocycles. The number of halogens is 3. The van der Waals surface area contributed by atoms with E-state index < -0.39 is 17.7 Å². The lowest BCUT2D eigenvalue weighted by Crippen LogP contribution is -2.10. The summed E-state index contributed by atoms with van der Waals surface area (Å²) in [4.78, 5) is 0.227. The molecule has 5 heteroatoms. The zero-order chi connectivity index (χ0) is 10.6. The second kappa shape index (κ2) is 5.68. The maximum atomic E-state index is 13.0. The fraction of sp³-hybridized carbons (Fsp3) is 0.333. The molecule has 1 nitrogen and oxygen atoms in total. The van der Waals surface area contributed by atoms with Crippen LogP contribution in [0.2, 0.25) is 0 Å². The van der Waals surface area contributed by atoms with E-state index in [1.807, 2.05) is 0 Å². The van der Waals surface area contributed by atoms with E-state index in [0.717, 1.165) is 30.0 Å². The minimum Gasteiger partial charge on any atom is -0.391 e. The molecule has 1 aromatic carbocycles. The average molecular weight is 283 g/mol. The Kier molecular flexibility index (Phi) is 4.84. The molecule has 0 spiro atoms. The van der Waals surface area contributed by atoms with E-state index in [1.165, 1.54) is 0 Å². The van der Waals surface area contributed by atoms with Gasteiger partial charge in [0.2, 0.25) is 0 Å². The molecule has 1 aromatic rings. The molecule has 0 radical (unpaired) electrons. The second-order valence-electron chi connectivity index (χ2n) is 2.69. The molecule has 0 aliphatic heterocycles. The highest BCUT2D eigenvalue weighted by Gasteiger charge is 2.07. The minimum atomic E-state index is -0.553. The van der Waals surface area contributed by atoms with Gasteiger partial charge in [0.25, 0.3) is 0 Å².